The maximum absolute atomic E-state index is 13.5. The number of hydrogen-bond donors (Lipinski definition) is 2. The highest BCUT2D eigenvalue weighted by atomic mass is 35.5. The average Bonchev–Trinajstić information content (AvgIpc) is 2.89. The van der Waals surface area contributed by atoms with E-state index in [9.17, 15) is 14.3 Å². The van der Waals surface area contributed by atoms with Crippen LogP contribution in [0.25, 0.3) is 0 Å². The summed E-state index contributed by atoms with van der Waals surface area (Å²) in [5, 5.41) is 12.2. The largest absolute Gasteiger partial charge is 0.472 e. The van der Waals surface area contributed by atoms with Crippen molar-refractivity contribution < 1.29 is 18.7 Å². The molecular weight excluding hydrogens is 273 g/mol. The van der Waals surface area contributed by atoms with Crippen LogP contribution < -0.4 is 5.32 Å². The Bertz CT molecular complexity index is 551. The second-order valence-corrected chi connectivity index (χ2v) is 4.29. The second kappa shape index (κ2) is 5.86. The SMILES string of the molecule is O=C(NCC(O)c1ccoc1)c1c(F)cccc1Cl. The number of aliphatic hydroxyl groups is 1. The lowest BCUT2D eigenvalue weighted by Crippen LogP contribution is -2.29. The minimum atomic E-state index is -0.923. The van der Waals surface area contributed by atoms with Gasteiger partial charge in [0.15, 0.2) is 0 Å². The van der Waals surface area contributed by atoms with Crippen molar-refractivity contribution in [2.24, 2.45) is 0 Å². The molecule has 1 aromatic carbocycles. The van der Waals surface area contributed by atoms with Gasteiger partial charge in [-0.2, -0.15) is 0 Å². The summed E-state index contributed by atoms with van der Waals surface area (Å²) in [4.78, 5) is 11.8. The first-order chi connectivity index (χ1) is 9.09. The summed E-state index contributed by atoms with van der Waals surface area (Å²) in [6, 6.07) is 5.56. The highest BCUT2D eigenvalue weighted by molar-refractivity contribution is 6.33. The molecule has 1 atom stereocenters. The lowest BCUT2D eigenvalue weighted by Gasteiger charge is -2.11. The van der Waals surface area contributed by atoms with E-state index >= 15 is 0 Å². The third-order valence-corrected chi connectivity index (χ3v) is 2.89. The summed E-state index contributed by atoms with van der Waals surface area (Å²) in [5.41, 5.74) is 0.295. The molecule has 6 heteroatoms. The number of nitrogens with one attached hydrogen (secondary N) is 1. The normalized spacial score (nSPS) is 12.2. The zero-order chi connectivity index (χ0) is 13.8. The molecule has 0 aliphatic heterocycles. The Morgan fingerprint density at radius 3 is 2.89 bits per heavy atom. The predicted molar refractivity (Wildman–Crippen MR) is 67.4 cm³/mol. The molecule has 0 radical (unpaired) electrons. The Balaban J connectivity index is 2.02. The smallest absolute Gasteiger partial charge is 0.255 e. The molecule has 0 aliphatic carbocycles. The monoisotopic (exact) mass is 283 g/mol. The van der Waals surface area contributed by atoms with E-state index in [-0.39, 0.29) is 17.1 Å². The predicted octanol–water partition coefficient (Wildman–Crippen LogP) is 2.54. The lowest BCUT2D eigenvalue weighted by molar-refractivity contribution is 0.0912. The zero-order valence-electron chi connectivity index (χ0n) is 9.77. The van der Waals surface area contributed by atoms with Gasteiger partial charge in [-0.05, 0) is 18.2 Å². The van der Waals surface area contributed by atoms with Gasteiger partial charge in [-0.3, -0.25) is 4.79 Å². The maximum Gasteiger partial charge on any atom is 0.255 e. The number of carbonyl (C=O) groups excluding carboxylic acids is 1. The van der Waals surface area contributed by atoms with Crippen molar-refractivity contribution in [1.29, 1.82) is 0 Å². The van der Waals surface area contributed by atoms with Crippen LogP contribution in [0.15, 0.2) is 41.2 Å². The first-order valence-electron chi connectivity index (χ1n) is 5.52. The number of furan rings is 1. The molecule has 2 rings (SSSR count). The Hall–Kier alpha value is -1.85. The van der Waals surface area contributed by atoms with Crippen molar-refractivity contribution in [3.8, 4) is 0 Å². The lowest BCUT2D eigenvalue weighted by atomic mass is 10.1. The molecule has 1 amide bonds. The molecule has 0 saturated heterocycles. The quantitative estimate of drug-likeness (QED) is 0.906. The Kier molecular flexibility index (Phi) is 4.19. The van der Waals surface area contributed by atoms with Crippen molar-refractivity contribution in [3.05, 3.63) is 58.8 Å². The fraction of sp³-hybridized carbons (Fsp3) is 0.154. The molecule has 0 aliphatic rings. The van der Waals surface area contributed by atoms with Crippen molar-refractivity contribution >= 4 is 17.5 Å². The summed E-state index contributed by atoms with van der Waals surface area (Å²) < 4.78 is 18.3. The number of amides is 1. The van der Waals surface area contributed by atoms with E-state index in [1.165, 1.54) is 24.7 Å². The highest BCUT2D eigenvalue weighted by Crippen LogP contribution is 2.19. The summed E-state index contributed by atoms with van der Waals surface area (Å²) in [6.45, 7) is -0.0664. The topological polar surface area (TPSA) is 62.5 Å². The van der Waals surface area contributed by atoms with Crippen molar-refractivity contribution in [2.75, 3.05) is 6.54 Å². The van der Waals surface area contributed by atoms with Gasteiger partial charge in [-0.15, -0.1) is 0 Å². The molecule has 1 heterocycles. The van der Waals surface area contributed by atoms with Gasteiger partial charge < -0.3 is 14.8 Å². The van der Waals surface area contributed by atoms with Crippen LogP contribution in [0.5, 0.6) is 0 Å². The number of aliphatic hydroxyl groups excluding tert-OH is 1. The van der Waals surface area contributed by atoms with Crippen molar-refractivity contribution in [3.63, 3.8) is 0 Å². The van der Waals surface area contributed by atoms with Crippen molar-refractivity contribution in [1.82, 2.24) is 5.32 Å². The summed E-state index contributed by atoms with van der Waals surface area (Å²) >= 11 is 5.76. The van der Waals surface area contributed by atoms with E-state index in [1.807, 2.05) is 0 Å². The van der Waals surface area contributed by atoms with E-state index in [4.69, 9.17) is 16.0 Å². The van der Waals surface area contributed by atoms with Crippen LogP contribution in [-0.4, -0.2) is 17.6 Å². The van der Waals surface area contributed by atoms with Gasteiger partial charge in [0.2, 0.25) is 0 Å². The number of rotatable bonds is 4. The molecule has 1 unspecified atom stereocenters. The maximum atomic E-state index is 13.5. The Labute approximate surface area is 113 Å². The van der Waals surface area contributed by atoms with Gasteiger partial charge in [0.1, 0.15) is 5.82 Å². The van der Waals surface area contributed by atoms with Crippen molar-refractivity contribution in [2.45, 2.75) is 6.10 Å². The molecule has 2 N–H and O–H groups in total. The molecule has 0 saturated carbocycles. The van der Waals surface area contributed by atoms with Crippen LogP contribution in [0.1, 0.15) is 22.0 Å². The second-order valence-electron chi connectivity index (χ2n) is 3.88. The zero-order valence-corrected chi connectivity index (χ0v) is 10.5. The minimum Gasteiger partial charge on any atom is -0.472 e. The molecular formula is C13H11ClFNO3. The molecule has 0 bridgehead atoms. The Morgan fingerprint density at radius 2 is 2.26 bits per heavy atom. The van der Waals surface area contributed by atoms with E-state index in [2.05, 4.69) is 5.32 Å². The van der Waals surface area contributed by atoms with E-state index in [0.29, 0.717) is 5.56 Å². The molecule has 1 aromatic heterocycles. The standard InChI is InChI=1S/C13H11ClFNO3/c14-9-2-1-3-10(15)12(9)13(18)16-6-11(17)8-4-5-19-7-8/h1-5,7,11,17H,6H2,(H,16,18). The van der Waals surface area contributed by atoms with Gasteiger partial charge in [-0.25, -0.2) is 4.39 Å². The van der Waals surface area contributed by atoms with Gasteiger partial charge in [0.25, 0.3) is 5.91 Å². The summed E-state index contributed by atoms with van der Waals surface area (Å²) in [6.07, 6.45) is 1.86. The van der Waals surface area contributed by atoms with Gasteiger partial charge in [-0.1, -0.05) is 17.7 Å². The van der Waals surface area contributed by atoms with Crippen LogP contribution in [0, 0.1) is 5.82 Å². The molecule has 2 aromatic rings. The fourth-order valence-electron chi connectivity index (χ4n) is 1.57. The fourth-order valence-corrected chi connectivity index (χ4v) is 1.82. The van der Waals surface area contributed by atoms with E-state index in [1.54, 1.807) is 6.07 Å². The van der Waals surface area contributed by atoms with Gasteiger partial charge in [0.05, 0.1) is 29.2 Å². The minimum absolute atomic E-state index is 0.0234. The number of carbonyl (C=O) groups is 1. The van der Waals surface area contributed by atoms with Gasteiger partial charge in [0, 0.05) is 12.1 Å². The third kappa shape index (κ3) is 3.13. The van der Waals surface area contributed by atoms with Gasteiger partial charge >= 0.3 is 0 Å². The number of halogens is 2. The van der Waals surface area contributed by atoms with Crippen LogP contribution in [-0.2, 0) is 0 Å². The summed E-state index contributed by atoms with van der Waals surface area (Å²) in [7, 11) is 0. The average molecular weight is 284 g/mol. The van der Waals surface area contributed by atoms with Crippen LogP contribution in [0.2, 0.25) is 5.02 Å². The summed E-state index contributed by atoms with van der Waals surface area (Å²) in [5.74, 6) is -1.38. The van der Waals surface area contributed by atoms with Crippen LogP contribution in [0.3, 0.4) is 0 Å². The first kappa shape index (κ1) is 13.6. The molecule has 100 valence electrons. The molecule has 4 nitrogen and oxygen atoms in total. The number of benzene rings is 1. The Morgan fingerprint density at radius 1 is 1.47 bits per heavy atom. The van der Waals surface area contributed by atoms with Crippen LogP contribution >= 0.6 is 11.6 Å². The highest BCUT2D eigenvalue weighted by Gasteiger charge is 2.17. The first-order valence-corrected chi connectivity index (χ1v) is 5.89. The van der Waals surface area contributed by atoms with E-state index < -0.39 is 17.8 Å². The number of hydrogen-bond acceptors (Lipinski definition) is 3. The molecule has 0 fully saturated rings. The van der Waals surface area contributed by atoms with Crippen LogP contribution in [0.4, 0.5) is 4.39 Å². The molecule has 19 heavy (non-hydrogen) atoms. The third-order valence-electron chi connectivity index (χ3n) is 2.57. The van der Waals surface area contributed by atoms with E-state index in [0.717, 1.165) is 6.07 Å². The molecule has 0 spiro atoms.